The maximum absolute atomic E-state index is 12.3. The first-order chi connectivity index (χ1) is 9.31. The molecular formula is C13H26N2O4S. The zero-order valence-corrected chi connectivity index (χ0v) is 13.3. The molecule has 2 atom stereocenters. The average Bonchev–Trinajstić information content (AvgIpc) is 2.39. The maximum Gasteiger partial charge on any atom is 0.307 e. The van der Waals surface area contributed by atoms with E-state index in [1.165, 1.54) is 4.31 Å². The van der Waals surface area contributed by atoms with E-state index in [1.54, 1.807) is 0 Å². The second-order valence-electron chi connectivity index (χ2n) is 5.52. The van der Waals surface area contributed by atoms with E-state index in [0.717, 1.165) is 12.8 Å². The van der Waals surface area contributed by atoms with Gasteiger partial charge in [-0.25, -0.2) is 0 Å². The molecule has 0 spiro atoms. The van der Waals surface area contributed by atoms with Gasteiger partial charge in [-0.3, -0.25) is 4.79 Å². The molecule has 118 valence electrons. The molecule has 0 aromatic heterocycles. The Balaban J connectivity index is 2.70. The third-order valence-corrected chi connectivity index (χ3v) is 5.85. The molecule has 20 heavy (non-hydrogen) atoms. The molecule has 2 N–H and O–H groups in total. The molecule has 1 fully saturated rings. The van der Waals surface area contributed by atoms with Crippen LogP contribution < -0.4 is 4.72 Å². The third-order valence-electron chi connectivity index (χ3n) is 4.16. The number of hydrogen-bond donors (Lipinski definition) is 2. The fraction of sp³-hybridized carbons (Fsp3) is 0.923. The second-order valence-corrected chi connectivity index (χ2v) is 7.23. The predicted octanol–water partition coefficient (Wildman–Crippen LogP) is 1.44. The van der Waals surface area contributed by atoms with Gasteiger partial charge in [-0.2, -0.15) is 17.4 Å². The molecule has 0 amide bonds. The molecular weight excluding hydrogens is 280 g/mol. The highest BCUT2D eigenvalue weighted by Gasteiger charge is 2.33. The van der Waals surface area contributed by atoms with E-state index in [9.17, 15) is 13.2 Å². The zero-order valence-electron chi connectivity index (χ0n) is 12.5. The molecule has 1 saturated heterocycles. The number of carboxylic acid groups (broad SMARTS) is 1. The van der Waals surface area contributed by atoms with Gasteiger partial charge >= 0.3 is 5.97 Å². The smallest absolute Gasteiger partial charge is 0.307 e. The summed E-state index contributed by atoms with van der Waals surface area (Å²) < 4.78 is 28.6. The summed E-state index contributed by atoms with van der Waals surface area (Å²) in [6, 6.07) is -0.139. The Morgan fingerprint density at radius 3 is 2.50 bits per heavy atom. The van der Waals surface area contributed by atoms with Crippen LogP contribution in [0.25, 0.3) is 0 Å². The Bertz CT molecular complexity index is 420. The number of nitrogens with zero attached hydrogens (tertiary/aromatic N) is 1. The topological polar surface area (TPSA) is 86.7 Å². The molecule has 0 saturated carbocycles. The summed E-state index contributed by atoms with van der Waals surface area (Å²) in [6.45, 7) is 6.42. The molecule has 0 bridgehead atoms. The summed E-state index contributed by atoms with van der Waals surface area (Å²) in [5.41, 5.74) is 0. The Kier molecular flexibility index (Phi) is 6.42. The molecule has 0 aromatic carbocycles. The van der Waals surface area contributed by atoms with Gasteiger partial charge in [-0.05, 0) is 25.7 Å². The first-order valence-corrected chi connectivity index (χ1v) is 8.76. The predicted molar refractivity (Wildman–Crippen MR) is 77.5 cm³/mol. The van der Waals surface area contributed by atoms with Crippen molar-refractivity contribution < 1.29 is 18.3 Å². The van der Waals surface area contributed by atoms with E-state index in [1.807, 2.05) is 20.8 Å². The van der Waals surface area contributed by atoms with Crippen LogP contribution in [-0.2, 0) is 15.0 Å². The van der Waals surface area contributed by atoms with Crippen molar-refractivity contribution in [3.05, 3.63) is 0 Å². The van der Waals surface area contributed by atoms with Crippen molar-refractivity contribution in [2.75, 3.05) is 13.1 Å². The van der Waals surface area contributed by atoms with Crippen molar-refractivity contribution in [2.24, 2.45) is 11.8 Å². The largest absolute Gasteiger partial charge is 0.481 e. The molecule has 2 unspecified atom stereocenters. The van der Waals surface area contributed by atoms with E-state index in [-0.39, 0.29) is 12.6 Å². The number of rotatable bonds is 7. The van der Waals surface area contributed by atoms with Gasteiger partial charge in [-0.1, -0.05) is 26.7 Å². The van der Waals surface area contributed by atoms with E-state index in [0.29, 0.717) is 25.3 Å². The van der Waals surface area contributed by atoms with Gasteiger partial charge in [0.05, 0.1) is 5.92 Å². The van der Waals surface area contributed by atoms with E-state index < -0.39 is 22.1 Å². The summed E-state index contributed by atoms with van der Waals surface area (Å²) in [5.74, 6) is -1.22. The highest BCUT2D eigenvalue weighted by molar-refractivity contribution is 7.87. The minimum atomic E-state index is -3.59. The molecule has 7 heteroatoms. The van der Waals surface area contributed by atoms with Crippen molar-refractivity contribution in [2.45, 2.75) is 52.5 Å². The molecule has 0 aliphatic carbocycles. The van der Waals surface area contributed by atoms with Gasteiger partial charge in [0.15, 0.2) is 0 Å². The van der Waals surface area contributed by atoms with Gasteiger partial charge in [0.25, 0.3) is 10.2 Å². The van der Waals surface area contributed by atoms with Gasteiger partial charge in [0, 0.05) is 19.1 Å². The summed E-state index contributed by atoms with van der Waals surface area (Å²) in [6.07, 6.45) is 2.97. The number of nitrogens with one attached hydrogen (secondary N) is 1. The minimum absolute atomic E-state index is 0.0697. The Morgan fingerprint density at radius 1 is 1.40 bits per heavy atom. The Morgan fingerprint density at radius 2 is 2.00 bits per heavy atom. The molecule has 6 nitrogen and oxygen atoms in total. The van der Waals surface area contributed by atoms with E-state index >= 15 is 0 Å². The molecule has 0 aromatic rings. The second kappa shape index (κ2) is 7.38. The van der Waals surface area contributed by atoms with Crippen LogP contribution in [0.2, 0.25) is 0 Å². The first-order valence-electron chi connectivity index (χ1n) is 7.32. The summed E-state index contributed by atoms with van der Waals surface area (Å²) in [4.78, 5) is 11.0. The van der Waals surface area contributed by atoms with Crippen LogP contribution in [0.4, 0.5) is 0 Å². The number of carboxylic acids is 1. The van der Waals surface area contributed by atoms with Crippen LogP contribution in [0.15, 0.2) is 0 Å². The summed E-state index contributed by atoms with van der Waals surface area (Å²) >= 11 is 0. The van der Waals surface area contributed by atoms with E-state index in [4.69, 9.17) is 5.11 Å². The van der Waals surface area contributed by atoms with Crippen molar-refractivity contribution in [1.29, 1.82) is 0 Å². The maximum atomic E-state index is 12.3. The lowest BCUT2D eigenvalue weighted by Gasteiger charge is -2.32. The van der Waals surface area contributed by atoms with Crippen LogP contribution in [-0.4, -0.2) is 42.9 Å². The highest BCUT2D eigenvalue weighted by Crippen LogP contribution is 2.20. The molecule has 1 aliphatic heterocycles. The average molecular weight is 306 g/mol. The molecule has 1 aliphatic rings. The van der Waals surface area contributed by atoms with Crippen molar-refractivity contribution in [3.8, 4) is 0 Å². The first kappa shape index (κ1) is 17.4. The van der Waals surface area contributed by atoms with Gasteiger partial charge in [0.2, 0.25) is 0 Å². The van der Waals surface area contributed by atoms with Crippen LogP contribution in [0, 0.1) is 11.8 Å². The number of aliphatic carboxylic acids is 1. The Hall–Kier alpha value is -0.660. The monoisotopic (exact) mass is 306 g/mol. The molecule has 1 heterocycles. The van der Waals surface area contributed by atoms with Crippen molar-refractivity contribution in [1.82, 2.24) is 9.03 Å². The van der Waals surface area contributed by atoms with Gasteiger partial charge in [-0.15, -0.1) is 0 Å². The van der Waals surface area contributed by atoms with E-state index in [2.05, 4.69) is 4.72 Å². The summed E-state index contributed by atoms with van der Waals surface area (Å²) in [5, 5.41) is 9.03. The third kappa shape index (κ3) is 4.43. The fourth-order valence-corrected chi connectivity index (χ4v) is 4.32. The zero-order chi connectivity index (χ0) is 15.3. The highest BCUT2D eigenvalue weighted by atomic mass is 32.2. The summed E-state index contributed by atoms with van der Waals surface area (Å²) in [7, 11) is -3.59. The van der Waals surface area contributed by atoms with Crippen LogP contribution in [0.3, 0.4) is 0 Å². The minimum Gasteiger partial charge on any atom is -0.481 e. The number of carbonyl (C=O) groups is 1. The Labute approximate surface area is 121 Å². The quantitative estimate of drug-likeness (QED) is 0.745. The number of hydrogen-bond acceptors (Lipinski definition) is 3. The van der Waals surface area contributed by atoms with Crippen molar-refractivity contribution in [3.63, 3.8) is 0 Å². The SMILES string of the molecule is CCC(CC)C(C)NS(=O)(=O)N1CCCC(C(=O)O)C1. The molecule has 1 rings (SSSR count). The van der Waals surface area contributed by atoms with Crippen LogP contribution in [0.5, 0.6) is 0 Å². The molecule has 0 radical (unpaired) electrons. The van der Waals surface area contributed by atoms with Gasteiger partial charge in [0.1, 0.15) is 0 Å². The standard InChI is InChI=1S/C13H26N2O4S/c1-4-11(5-2)10(3)14-20(18,19)15-8-6-7-12(9-15)13(16)17/h10-12,14H,4-9H2,1-3H3,(H,16,17). The van der Waals surface area contributed by atoms with Crippen LogP contribution >= 0.6 is 0 Å². The lowest BCUT2D eigenvalue weighted by atomic mass is 9.96. The normalized spacial score (nSPS) is 22.9. The van der Waals surface area contributed by atoms with Crippen LogP contribution in [0.1, 0.15) is 46.5 Å². The lowest BCUT2D eigenvalue weighted by Crippen LogP contribution is -2.50. The van der Waals surface area contributed by atoms with Gasteiger partial charge < -0.3 is 5.11 Å². The lowest BCUT2D eigenvalue weighted by molar-refractivity contribution is -0.142. The number of piperidine rings is 1. The van der Waals surface area contributed by atoms with Crippen molar-refractivity contribution >= 4 is 16.2 Å². The fourth-order valence-electron chi connectivity index (χ4n) is 2.76.